The average molecular weight is 402 g/mol. The van der Waals surface area contributed by atoms with E-state index in [4.69, 9.17) is 9.47 Å². The van der Waals surface area contributed by atoms with Gasteiger partial charge >= 0.3 is 11.9 Å². The lowest BCUT2D eigenvalue weighted by atomic mass is 10.2. The maximum absolute atomic E-state index is 12.1. The van der Waals surface area contributed by atoms with Gasteiger partial charge in [0.15, 0.2) is 0 Å². The third kappa shape index (κ3) is 17.8. The van der Waals surface area contributed by atoms with Crippen LogP contribution in [0.2, 0.25) is 0 Å². The van der Waals surface area contributed by atoms with Crippen LogP contribution in [0.3, 0.4) is 0 Å². The van der Waals surface area contributed by atoms with Crippen molar-refractivity contribution in [1.82, 2.24) is 0 Å². The van der Waals surface area contributed by atoms with Crippen LogP contribution in [0, 0.1) is 0 Å². The first-order valence-corrected chi connectivity index (χ1v) is 11.8. The number of ether oxygens (including phenoxy) is 2. The van der Waals surface area contributed by atoms with Crippen molar-refractivity contribution in [2.24, 2.45) is 0 Å². The fourth-order valence-electron chi connectivity index (χ4n) is 2.56. The fraction of sp³-hybridized carbons (Fsp3) is 0.700. The first-order chi connectivity index (χ1) is 12.9. The highest BCUT2D eigenvalue weighted by Crippen LogP contribution is 2.42. The number of carbonyl (C=O) groups is 2. The van der Waals surface area contributed by atoms with Gasteiger partial charge in [-0.3, -0.25) is 4.57 Å². The summed E-state index contributed by atoms with van der Waals surface area (Å²) in [6.45, 7) is 7.47. The van der Waals surface area contributed by atoms with E-state index < -0.39 is 19.3 Å². The van der Waals surface area contributed by atoms with Gasteiger partial charge in [-0.1, -0.05) is 51.7 Å². The normalized spacial score (nSPS) is 11.0. The predicted molar refractivity (Wildman–Crippen MR) is 108 cm³/mol. The number of rotatable bonds is 18. The molecule has 6 nitrogen and oxygen atoms in total. The second-order valence-corrected chi connectivity index (χ2v) is 9.16. The largest absolute Gasteiger partial charge is 0.463 e. The topological polar surface area (TPSA) is 89.9 Å². The molecule has 1 N–H and O–H groups in total. The van der Waals surface area contributed by atoms with E-state index in [0.717, 1.165) is 76.4 Å². The van der Waals surface area contributed by atoms with Crippen LogP contribution in [0.15, 0.2) is 25.3 Å². The maximum Gasteiger partial charge on any atom is 0.330 e. The molecule has 0 heterocycles. The molecule has 0 atom stereocenters. The van der Waals surface area contributed by atoms with E-state index in [1.54, 1.807) is 0 Å². The average Bonchev–Trinajstić information content (AvgIpc) is 2.65. The van der Waals surface area contributed by atoms with Crippen LogP contribution in [0.1, 0.15) is 64.2 Å². The van der Waals surface area contributed by atoms with Crippen molar-refractivity contribution < 1.29 is 28.5 Å². The van der Waals surface area contributed by atoms with Crippen molar-refractivity contribution in [3.05, 3.63) is 25.3 Å². The fourth-order valence-corrected chi connectivity index (χ4v) is 4.22. The molecular formula is C20H35O6P. The van der Waals surface area contributed by atoms with Crippen molar-refractivity contribution in [3.63, 3.8) is 0 Å². The quantitative estimate of drug-likeness (QED) is 0.156. The summed E-state index contributed by atoms with van der Waals surface area (Å²) < 4.78 is 21.9. The van der Waals surface area contributed by atoms with Gasteiger partial charge in [-0.15, -0.1) is 0 Å². The zero-order chi connectivity index (χ0) is 20.4. The van der Waals surface area contributed by atoms with E-state index in [1.807, 2.05) is 0 Å². The van der Waals surface area contributed by atoms with Crippen LogP contribution in [0.4, 0.5) is 0 Å². The summed E-state index contributed by atoms with van der Waals surface area (Å²) in [6, 6.07) is 0. The molecule has 156 valence electrons. The predicted octanol–water partition coefficient (Wildman–Crippen LogP) is 4.62. The summed E-state index contributed by atoms with van der Waals surface area (Å²) in [4.78, 5) is 31.7. The van der Waals surface area contributed by atoms with Crippen molar-refractivity contribution in [2.75, 3.05) is 25.5 Å². The summed E-state index contributed by atoms with van der Waals surface area (Å²) in [5.74, 6) is -0.792. The van der Waals surface area contributed by atoms with Crippen LogP contribution in [-0.2, 0) is 23.6 Å². The Morgan fingerprint density at radius 2 is 1.04 bits per heavy atom. The number of hydrogen-bond donors (Lipinski definition) is 1. The monoisotopic (exact) mass is 402 g/mol. The van der Waals surface area contributed by atoms with E-state index in [-0.39, 0.29) is 0 Å². The van der Waals surface area contributed by atoms with E-state index >= 15 is 0 Å². The highest BCUT2D eigenvalue weighted by Gasteiger charge is 2.16. The molecule has 0 rings (SSSR count). The molecule has 0 amide bonds. The molecule has 0 saturated heterocycles. The van der Waals surface area contributed by atoms with Crippen molar-refractivity contribution in [3.8, 4) is 0 Å². The smallest absolute Gasteiger partial charge is 0.330 e. The zero-order valence-electron chi connectivity index (χ0n) is 16.4. The Labute approximate surface area is 163 Å². The van der Waals surface area contributed by atoms with Gasteiger partial charge in [-0.2, -0.15) is 0 Å². The SMILES string of the molecule is C=CC(=O)OCCCCCCCP(=O)(O)CCCCCCCOC(=O)C=C. The zero-order valence-corrected chi connectivity index (χ0v) is 17.3. The minimum atomic E-state index is -3.01. The first kappa shape index (κ1) is 25.6. The lowest BCUT2D eigenvalue weighted by molar-refractivity contribution is -0.138. The molecule has 0 saturated carbocycles. The number of unbranched alkanes of at least 4 members (excludes halogenated alkanes) is 8. The molecule has 0 aliphatic rings. The van der Waals surface area contributed by atoms with Crippen LogP contribution in [0.5, 0.6) is 0 Å². The molecule has 0 unspecified atom stereocenters. The van der Waals surface area contributed by atoms with Crippen LogP contribution in [0.25, 0.3) is 0 Å². The summed E-state index contributed by atoms with van der Waals surface area (Å²) in [7, 11) is -3.01. The second kappa shape index (κ2) is 16.8. The van der Waals surface area contributed by atoms with Gasteiger partial charge in [0, 0.05) is 24.5 Å². The summed E-state index contributed by atoms with van der Waals surface area (Å²) in [5, 5.41) is 0. The van der Waals surface area contributed by atoms with Gasteiger partial charge in [0.2, 0.25) is 7.37 Å². The first-order valence-electron chi connectivity index (χ1n) is 9.80. The van der Waals surface area contributed by atoms with Crippen molar-refractivity contribution in [1.29, 1.82) is 0 Å². The molecule has 0 aromatic rings. The molecule has 0 aliphatic heterocycles. The Hall–Kier alpha value is -1.39. The molecule has 0 bridgehead atoms. The van der Waals surface area contributed by atoms with E-state index in [0.29, 0.717) is 25.5 Å². The van der Waals surface area contributed by atoms with Crippen LogP contribution in [-0.4, -0.2) is 42.4 Å². The van der Waals surface area contributed by atoms with Crippen molar-refractivity contribution in [2.45, 2.75) is 64.2 Å². The molecule has 0 aliphatic carbocycles. The lowest BCUT2D eigenvalue weighted by Crippen LogP contribution is -2.01. The van der Waals surface area contributed by atoms with Gasteiger partial charge in [0.05, 0.1) is 13.2 Å². The summed E-state index contributed by atoms with van der Waals surface area (Å²) >= 11 is 0. The van der Waals surface area contributed by atoms with Gasteiger partial charge in [-0.25, -0.2) is 9.59 Å². The minimum absolute atomic E-state index is 0.385. The highest BCUT2D eigenvalue weighted by molar-refractivity contribution is 7.57. The Morgan fingerprint density at radius 1 is 0.704 bits per heavy atom. The minimum Gasteiger partial charge on any atom is -0.463 e. The molecule has 0 radical (unpaired) electrons. The van der Waals surface area contributed by atoms with Gasteiger partial charge in [-0.05, 0) is 25.7 Å². The highest BCUT2D eigenvalue weighted by atomic mass is 31.2. The molecule has 0 spiro atoms. The van der Waals surface area contributed by atoms with E-state index in [2.05, 4.69) is 13.2 Å². The number of hydrogen-bond acceptors (Lipinski definition) is 5. The summed E-state index contributed by atoms with van der Waals surface area (Å²) in [6.07, 6.45) is 11.9. The third-order valence-corrected chi connectivity index (χ3v) is 6.16. The Balaban J connectivity index is 3.46. The third-order valence-electron chi connectivity index (χ3n) is 4.13. The molecule has 0 fully saturated rings. The maximum atomic E-state index is 12.1. The second-order valence-electron chi connectivity index (χ2n) is 6.57. The number of esters is 2. The lowest BCUT2D eigenvalue weighted by Gasteiger charge is -2.11. The Bertz CT molecular complexity index is 449. The van der Waals surface area contributed by atoms with Gasteiger partial charge < -0.3 is 14.4 Å². The van der Waals surface area contributed by atoms with Gasteiger partial charge in [0.25, 0.3) is 0 Å². The van der Waals surface area contributed by atoms with E-state index in [9.17, 15) is 19.0 Å². The van der Waals surface area contributed by atoms with E-state index in [1.165, 1.54) is 0 Å². The van der Waals surface area contributed by atoms with Crippen LogP contribution < -0.4 is 0 Å². The molecular weight excluding hydrogens is 367 g/mol. The molecule has 7 heteroatoms. The molecule has 27 heavy (non-hydrogen) atoms. The number of carbonyl (C=O) groups excluding carboxylic acids is 2. The summed E-state index contributed by atoms with van der Waals surface area (Å²) in [5.41, 5.74) is 0. The standard InChI is InChI=1S/C20H35O6P/c1-3-19(21)25-15-11-7-5-9-13-17-27(23,24)18-14-10-6-8-12-16-26-20(22)4-2/h3-4H,1-2,5-18H2,(H,23,24). The van der Waals surface area contributed by atoms with Crippen LogP contribution >= 0.6 is 7.37 Å². The molecule has 0 aromatic heterocycles. The Kier molecular flexibility index (Phi) is 15.9. The Morgan fingerprint density at radius 3 is 1.41 bits per heavy atom. The van der Waals surface area contributed by atoms with Crippen molar-refractivity contribution >= 4 is 19.3 Å². The van der Waals surface area contributed by atoms with Gasteiger partial charge in [0.1, 0.15) is 0 Å². The molecule has 0 aromatic carbocycles.